The topological polar surface area (TPSA) is 12.0 Å². The van der Waals surface area contributed by atoms with Crippen LogP contribution in [0.3, 0.4) is 0 Å². The highest BCUT2D eigenvalue weighted by Gasteiger charge is 2.41. The van der Waals surface area contributed by atoms with E-state index in [4.69, 9.17) is 0 Å². The van der Waals surface area contributed by atoms with E-state index in [9.17, 15) is 0 Å². The first-order valence-corrected chi connectivity index (χ1v) is 5.43. The average molecular weight is 183 g/mol. The van der Waals surface area contributed by atoms with Crippen LogP contribution in [0.1, 0.15) is 41.5 Å². The third kappa shape index (κ3) is 2.46. The molecule has 0 aromatic heterocycles. The Labute approximate surface area is 83.3 Å². The Bertz CT molecular complexity index is 151. The zero-order valence-electron chi connectivity index (χ0n) is 10.1. The predicted octanol–water partition coefficient (Wildman–Crippen LogP) is 2.91. The van der Waals surface area contributed by atoms with Crippen molar-refractivity contribution in [1.82, 2.24) is 5.32 Å². The van der Waals surface area contributed by atoms with Crippen LogP contribution < -0.4 is 5.32 Å². The van der Waals surface area contributed by atoms with Gasteiger partial charge >= 0.3 is 0 Å². The molecule has 1 saturated heterocycles. The summed E-state index contributed by atoms with van der Waals surface area (Å²) in [5.41, 5.74) is 0.892. The molecule has 0 aromatic rings. The minimum atomic E-state index is 0.446. The van der Waals surface area contributed by atoms with Gasteiger partial charge in [-0.05, 0) is 35.8 Å². The number of nitrogens with one attached hydrogen (secondary N) is 1. The molecular weight excluding hydrogens is 158 g/mol. The summed E-state index contributed by atoms with van der Waals surface area (Å²) in [5.74, 6) is 1.65. The Morgan fingerprint density at radius 3 is 1.31 bits per heavy atom. The quantitative estimate of drug-likeness (QED) is 0.609. The van der Waals surface area contributed by atoms with Crippen molar-refractivity contribution in [2.45, 2.75) is 41.5 Å². The monoisotopic (exact) mass is 183 g/mol. The van der Waals surface area contributed by atoms with Crippen molar-refractivity contribution in [3.63, 3.8) is 0 Å². The summed E-state index contributed by atoms with van der Waals surface area (Å²) in [5, 5.41) is 3.54. The largest absolute Gasteiger partial charge is 0.316 e. The zero-order valence-corrected chi connectivity index (χ0v) is 10.1. The molecule has 1 rings (SSSR count). The molecular formula is C12H25N. The van der Waals surface area contributed by atoms with Crippen LogP contribution in [0, 0.1) is 22.7 Å². The van der Waals surface area contributed by atoms with Gasteiger partial charge in [0, 0.05) is 0 Å². The van der Waals surface area contributed by atoms with E-state index in [1.807, 2.05) is 0 Å². The van der Waals surface area contributed by atoms with E-state index in [1.54, 1.807) is 0 Å². The van der Waals surface area contributed by atoms with Crippen molar-refractivity contribution >= 4 is 0 Å². The normalized spacial score (nSPS) is 30.9. The maximum absolute atomic E-state index is 3.54. The van der Waals surface area contributed by atoms with Crippen molar-refractivity contribution in [1.29, 1.82) is 0 Å². The molecule has 0 aliphatic carbocycles. The van der Waals surface area contributed by atoms with Gasteiger partial charge in [-0.1, -0.05) is 41.5 Å². The molecule has 1 N–H and O–H groups in total. The minimum Gasteiger partial charge on any atom is -0.316 e. The van der Waals surface area contributed by atoms with Gasteiger partial charge in [0.1, 0.15) is 0 Å². The van der Waals surface area contributed by atoms with E-state index in [0.29, 0.717) is 10.8 Å². The molecule has 0 radical (unpaired) electrons. The lowest BCUT2D eigenvalue weighted by Crippen LogP contribution is -2.34. The Morgan fingerprint density at radius 1 is 0.769 bits per heavy atom. The fourth-order valence-corrected chi connectivity index (χ4v) is 2.50. The number of hydrogen-bond acceptors (Lipinski definition) is 1. The number of rotatable bonds is 0. The van der Waals surface area contributed by atoms with E-state index in [2.05, 4.69) is 46.9 Å². The van der Waals surface area contributed by atoms with Crippen LogP contribution in [-0.4, -0.2) is 13.1 Å². The van der Waals surface area contributed by atoms with Crippen LogP contribution >= 0.6 is 0 Å². The van der Waals surface area contributed by atoms with Crippen LogP contribution in [0.25, 0.3) is 0 Å². The Kier molecular flexibility index (Phi) is 2.78. The Morgan fingerprint density at radius 2 is 1.08 bits per heavy atom. The molecule has 0 amide bonds. The lowest BCUT2D eigenvalue weighted by Gasteiger charge is -2.38. The highest BCUT2D eigenvalue weighted by atomic mass is 14.9. The molecule has 0 spiro atoms. The van der Waals surface area contributed by atoms with E-state index in [1.165, 1.54) is 13.1 Å². The van der Waals surface area contributed by atoms with E-state index in [0.717, 1.165) is 11.8 Å². The van der Waals surface area contributed by atoms with E-state index < -0.39 is 0 Å². The summed E-state index contributed by atoms with van der Waals surface area (Å²) in [6.45, 7) is 16.6. The smallest absolute Gasteiger partial charge is 0.00121 e. The summed E-state index contributed by atoms with van der Waals surface area (Å²) in [7, 11) is 0. The zero-order chi connectivity index (χ0) is 10.3. The standard InChI is InChI=1S/C12H25N/c1-11(2,3)9-7-13-8-10(9)12(4,5)6/h9-10,13H,7-8H2,1-6H3. The van der Waals surface area contributed by atoms with Crippen molar-refractivity contribution in [3.05, 3.63) is 0 Å². The SMILES string of the molecule is CC(C)(C)C1CNCC1C(C)(C)C. The predicted molar refractivity (Wildman–Crippen MR) is 58.8 cm³/mol. The average Bonchev–Trinajstić information content (AvgIpc) is 2.27. The second kappa shape index (κ2) is 3.27. The van der Waals surface area contributed by atoms with Gasteiger partial charge < -0.3 is 5.32 Å². The third-order valence-corrected chi connectivity index (χ3v) is 3.44. The first kappa shape index (κ1) is 11.0. The highest BCUT2D eigenvalue weighted by Crippen LogP contribution is 2.42. The van der Waals surface area contributed by atoms with E-state index >= 15 is 0 Å². The molecule has 2 unspecified atom stereocenters. The lowest BCUT2D eigenvalue weighted by atomic mass is 9.66. The van der Waals surface area contributed by atoms with Crippen LogP contribution in [0.2, 0.25) is 0 Å². The van der Waals surface area contributed by atoms with Crippen LogP contribution in [0.5, 0.6) is 0 Å². The second-order valence-corrected chi connectivity index (χ2v) is 6.60. The van der Waals surface area contributed by atoms with Gasteiger partial charge in [-0.3, -0.25) is 0 Å². The second-order valence-electron chi connectivity index (χ2n) is 6.60. The summed E-state index contributed by atoms with van der Waals surface area (Å²) in [6, 6.07) is 0. The summed E-state index contributed by atoms with van der Waals surface area (Å²) >= 11 is 0. The maximum atomic E-state index is 3.54. The molecule has 0 aromatic carbocycles. The summed E-state index contributed by atoms with van der Waals surface area (Å²) < 4.78 is 0. The van der Waals surface area contributed by atoms with Crippen molar-refractivity contribution < 1.29 is 0 Å². The molecule has 1 nitrogen and oxygen atoms in total. The first-order chi connectivity index (χ1) is 5.73. The molecule has 2 atom stereocenters. The molecule has 78 valence electrons. The van der Waals surface area contributed by atoms with Gasteiger partial charge in [0.05, 0.1) is 0 Å². The summed E-state index contributed by atoms with van der Waals surface area (Å²) in [6.07, 6.45) is 0. The van der Waals surface area contributed by atoms with Gasteiger partial charge in [0.15, 0.2) is 0 Å². The van der Waals surface area contributed by atoms with Crippen LogP contribution in [0.4, 0.5) is 0 Å². The fourth-order valence-electron chi connectivity index (χ4n) is 2.50. The molecule has 1 heteroatoms. The molecule has 0 saturated carbocycles. The molecule has 13 heavy (non-hydrogen) atoms. The van der Waals surface area contributed by atoms with Crippen molar-refractivity contribution in [3.8, 4) is 0 Å². The summed E-state index contributed by atoms with van der Waals surface area (Å²) in [4.78, 5) is 0. The fraction of sp³-hybridized carbons (Fsp3) is 1.00. The van der Waals surface area contributed by atoms with Crippen LogP contribution in [-0.2, 0) is 0 Å². The molecule has 1 heterocycles. The van der Waals surface area contributed by atoms with Crippen LogP contribution in [0.15, 0.2) is 0 Å². The van der Waals surface area contributed by atoms with Gasteiger partial charge in [0.25, 0.3) is 0 Å². The highest BCUT2D eigenvalue weighted by molar-refractivity contribution is 4.93. The minimum absolute atomic E-state index is 0.446. The molecule has 1 fully saturated rings. The van der Waals surface area contributed by atoms with E-state index in [-0.39, 0.29) is 0 Å². The third-order valence-electron chi connectivity index (χ3n) is 3.44. The van der Waals surface area contributed by atoms with Gasteiger partial charge in [-0.2, -0.15) is 0 Å². The first-order valence-electron chi connectivity index (χ1n) is 5.43. The number of hydrogen-bond donors (Lipinski definition) is 1. The molecule has 1 aliphatic rings. The Hall–Kier alpha value is -0.0400. The van der Waals surface area contributed by atoms with Gasteiger partial charge in [0.2, 0.25) is 0 Å². The lowest BCUT2D eigenvalue weighted by molar-refractivity contribution is 0.115. The van der Waals surface area contributed by atoms with Gasteiger partial charge in [-0.15, -0.1) is 0 Å². The Balaban J connectivity index is 2.76. The maximum Gasteiger partial charge on any atom is -0.00121 e. The molecule has 1 aliphatic heterocycles. The van der Waals surface area contributed by atoms with Crippen molar-refractivity contribution in [2.75, 3.05) is 13.1 Å². The van der Waals surface area contributed by atoms with Crippen molar-refractivity contribution in [2.24, 2.45) is 22.7 Å². The van der Waals surface area contributed by atoms with Gasteiger partial charge in [-0.25, -0.2) is 0 Å². The molecule has 0 bridgehead atoms.